The molecule has 0 aliphatic carbocycles. The fourth-order valence-electron chi connectivity index (χ4n) is 4.03. The van der Waals surface area contributed by atoms with Crippen LogP contribution in [0.1, 0.15) is 45.4 Å². The molecule has 0 saturated carbocycles. The van der Waals surface area contributed by atoms with Gasteiger partial charge in [0.25, 0.3) is 0 Å². The van der Waals surface area contributed by atoms with Crippen LogP contribution in [0.15, 0.2) is 72.9 Å². The van der Waals surface area contributed by atoms with E-state index >= 15 is 0 Å². The van der Waals surface area contributed by atoms with Gasteiger partial charge in [-0.15, -0.1) is 0 Å². The number of rotatable bonds is 3. The van der Waals surface area contributed by atoms with Gasteiger partial charge in [0.2, 0.25) is 0 Å². The summed E-state index contributed by atoms with van der Waals surface area (Å²) in [7, 11) is 0. The molecule has 9 atom stereocenters. The molecule has 2 aliphatic heterocycles. The number of aliphatic hydroxyl groups excluding tert-OH is 6. The Balaban J connectivity index is 2.11. The van der Waals surface area contributed by atoms with Gasteiger partial charge < -0.3 is 44.8 Å². The first-order valence-electron chi connectivity index (χ1n) is 13.7. The molecular formula is C30H44O10. The minimum atomic E-state index is -1.56. The number of cyclic esters (lactones) is 1. The fourth-order valence-corrected chi connectivity index (χ4v) is 4.03. The molecule has 2 heterocycles. The van der Waals surface area contributed by atoms with Gasteiger partial charge in [0.1, 0.15) is 24.4 Å². The summed E-state index contributed by atoms with van der Waals surface area (Å²) in [5, 5.41) is 60.1. The molecule has 0 aromatic rings. The van der Waals surface area contributed by atoms with Gasteiger partial charge in [0.15, 0.2) is 6.29 Å². The Morgan fingerprint density at radius 2 is 1.52 bits per heavy atom. The number of esters is 1. The molecule has 0 unspecified atom stereocenters. The van der Waals surface area contributed by atoms with Crippen molar-refractivity contribution in [3.63, 3.8) is 0 Å². The van der Waals surface area contributed by atoms with Crippen LogP contribution >= 0.6 is 0 Å². The lowest BCUT2D eigenvalue weighted by molar-refractivity contribution is -0.307. The molecule has 0 bridgehead atoms. The molecule has 0 aromatic heterocycles. The van der Waals surface area contributed by atoms with Crippen molar-refractivity contribution in [3.8, 4) is 0 Å². The first-order valence-corrected chi connectivity index (χ1v) is 13.7. The van der Waals surface area contributed by atoms with Crippen LogP contribution in [0.3, 0.4) is 0 Å². The van der Waals surface area contributed by atoms with Crippen molar-refractivity contribution in [2.45, 2.75) is 101 Å². The Morgan fingerprint density at radius 1 is 0.825 bits per heavy atom. The van der Waals surface area contributed by atoms with Crippen LogP contribution in [-0.2, 0) is 19.0 Å². The van der Waals surface area contributed by atoms with Crippen LogP contribution in [0.4, 0.5) is 0 Å². The second-order valence-electron chi connectivity index (χ2n) is 9.88. The monoisotopic (exact) mass is 564 g/mol. The zero-order valence-electron chi connectivity index (χ0n) is 22.9. The minimum absolute atomic E-state index is 0.301. The van der Waals surface area contributed by atoms with Gasteiger partial charge in [-0.25, -0.2) is 4.79 Å². The van der Waals surface area contributed by atoms with E-state index in [0.29, 0.717) is 38.5 Å². The van der Waals surface area contributed by atoms with Crippen molar-refractivity contribution in [1.82, 2.24) is 0 Å². The first-order chi connectivity index (χ1) is 19.2. The highest BCUT2D eigenvalue weighted by molar-refractivity contribution is 5.82. The number of aliphatic hydroxyl groups is 6. The van der Waals surface area contributed by atoms with E-state index < -0.39 is 61.6 Å². The Labute approximate surface area is 235 Å². The van der Waals surface area contributed by atoms with E-state index in [9.17, 15) is 35.4 Å². The fraction of sp³-hybridized carbons (Fsp3) is 0.567. The van der Waals surface area contributed by atoms with Crippen molar-refractivity contribution in [3.05, 3.63) is 72.9 Å². The summed E-state index contributed by atoms with van der Waals surface area (Å²) >= 11 is 0. The molecule has 6 N–H and O–H groups in total. The first kappa shape index (κ1) is 33.8. The number of carbonyl (C=O) groups excluding carboxylic acids is 1. The molecule has 224 valence electrons. The van der Waals surface area contributed by atoms with Crippen LogP contribution in [0, 0.1) is 0 Å². The van der Waals surface area contributed by atoms with Gasteiger partial charge in [-0.3, -0.25) is 0 Å². The van der Waals surface area contributed by atoms with Crippen molar-refractivity contribution in [2.24, 2.45) is 0 Å². The molecule has 0 amide bonds. The maximum Gasteiger partial charge on any atom is 0.331 e. The van der Waals surface area contributed by atoms with Gasteiger partial charge in [-0.05, 0) is 45.4 Å². The smallest absolute Gasteiger partial charge is 0.331 e. The molecular weight excluding hydrogens is 520 g/mol. The average molecular weight is 565 g/mol. The van der Waals surface area contributed by atoms with Gasteiger partial charge in [-0.1, -0.05) is 66.8 Å². The lowest BCUT2D eigenvalue weighted by atomic mass is 9.99. The highest BCUT2D eigenvalue weighted by Gasteiger charge is 2.44. The lowest BCUT2D eigenvalue weighted by Crippen LogP contribution is -2.59. The Morgan fingerprint density at radius 3 is 2.30 bits per heavy atom. The van der Waals surface area contributed by atoms with E-state index in [1.54, 1.807) is 49.5 Å². The van der Waals surface area contributed by atoms with E-state index in [-0.39, 0.29) is 6.10 Å². The summed E-state index contributed by atoms with van der Waals surface area (Å²) in [6.07, 6.45) is 14.1. The highest BCUT2D eigenvalue weighted by atomic mass is 16.7. The van der Waals surface area contributed by atoms with Crippen molar-refractivity contribution in [2.75, 3.05) is 6.61 Å². The van der Waals surface area contributed by atoms with Crippen molar-refractivity contribution >= 4 is 5.97 Å². The van der Waals surface area contributed by atoms with E-state index in [4.69, 9.17) is 14.2 Å². The summed E-state index contributed by atoms with van der Waals surface area (Å²) in [5.74, 6) is -0.513. The lowest BCUT2D eigenvalue weighted by Gasteiger charge is -2.40. The molecule has 10 heteroatoms. The maximum atomic E-state index is 12.1. The standard InChI is InChI=1S/C30H44O10/c1-21-18-19-23(33)14-7-3-2-6-12-22(32)13-8-4-9-15-24(16-10-5-11-17-26(34)38-21)39-30-29(37)28(36)27(35)25(20-31)40-30/h2-5,7-11,14-15,17,21-25,27-33,35-37H,6,12-13,16,18-20H2,1H3/b3-2+,8-4-,10-5+,14-7+,15-9+,17-11-/t21-,22+,23-,24-,25-,27-,28+,29+,30-/m1/s1. The van der Waals surface area contributed by atoms with Gasteiger partial charge >= 0.3 is 5.97 Å². The summed E-state index contributed by atoms with van der Waals surface area (Å²) in [6, 6.07) is 0. The van der Waals surface area contributed by atoms with Crippen molar-refractivity contribution < 1.29 is 49.6 Å². The topological polar surface area (TPSA) is 166 Å². The molecule has 40 heavy (non-hydrogen) atoms. The normalized spacial score (nSPS) is 40.6. The SMILES string of the molecule is C[C@@H]1CC[C@H](O)/C=C/C=C/CC[C@H](O)C/C=C\C=C\[C@@H](O[C@@H]2O[C@H](CO)[C@@H](O)[C@H](O)[C@@H]2O)C/C=C/C=C\C(=O)O1. The van der Waals surface area contributed by atoms with Crippen LogP contribution in [0.25, 0.3) is 0 Å². The van der Waals surface area contributed by atoms with E-state index in [2.05, 4.69) is 0 Å². The molecule has 0 radical (unpaired) electrons. The van der Waals surface area contributed by atoms with E-state index in [1.807, 2.05) is 18.2 Å². The van der Waals surface area contributed by atoms with Crippen LogP contribution in [-0.4, -0.2) is 98.3 Å². The van der Waals surface area contributed by atoms with Crippen LogP contribution in [0.5, 0.6) is 0 Å². The molecule has 0 spiro atoms. The maximum absolute atomic E-state index is 12.1. The Hall–Kier alpha value is -2.41. The molecule has 2 rings (SSSR count). The molecule has 1 fully saturated rings. The van der Waals surface area contributed by atoms with Crippen molar-refractivity contribution in [1.29, 1.82) is 0 Å². The number of allylic oxidation sites excluding steroid dienone is 7. The zero-order valence-corrected chi connectivity index (χ0v) is 22.9. The summed E-state index contributed by atoms with van der Waals surface area (Å²) in [5.41, 5.74) is 0. The van der Waals surface area contributed by atoms with Crippen LogP contribution < -0.4 is 0 Å². The largest absolute Gasteiger partial charge is 0.460 e. The molecule has 10 nitrogen and oxygen atoms in total. The molecule has 2 aliphatic rings. The third-order valence-corrected chi connectivity index (χ3v) is 6.42. The van der Waals surface area contributed by atoms with E-state index in [1.165, 1.54) is 12.2 Å². The van der Waals surface area contributed by atoms with E-state index in [0.717, 1.165) is 0 Å². The zero-order chi connectivity index (χ0) is 29.3. The Bertz CT molecular complexity index is 906. The van der Waals surface area contributed by atoms with Gasteiger partial charge in [0.05, 0.1) is 31.0 Å². The van der Waals surface area contributed by atoms with Gasteiger partial charge in [0, 0.05) is 6.08 Å². The third kappa shape index (κ3) is 12.8. The predicted octanol–water partition coefficient (Wildman–Crippen LogP) is 1.52. The summed E-state index contributed by atoms with van der Waals surface area (Å²) in [6.45, 7) is 1.19. The summed E-state index contributed by atoms with van der Waals surface area (Å²) < 4.78 is 16.6. The molecule has 1 saturated heterocycles. The second kappa shape index (κ2) is 18.8. The molecule has 0 aromatic carbocycles. The average Bonchev–Trinajstić information content (AvgIpc) is 2.92. The highest BCUT2D eigenvalue weighted by Crippen LogP contribution is 2.24. The number of hydrogen-bond donors (Lipinski definition) is 6. The van der Waals surface area contributed by atoms with Crippen LogP contribution in [0.2, 0.25) is 0 Å². The number of hydrogen-bond acceptors (Lipinski definition) is 10. The second-order valence-corrected chi connectivity index (χ2v) is 9.88. The van der Waals surface area contributed by atoms with Gasteiger partial charge in [-0.2, -0.15) is 0 Å². The quantitative estimate of drug-likeness (QED) is 0.277. The number of carbonyl (C=O) groups is 1. The summed E-state index contributed by atoms with van der Waals surface area (Å²) in [4.78, 5) is 12.1. The number of ether oxygens (including phenoxy) is 3. The predicted molar refractivity (Wildman–Crippen MR) is 149 cm³/mol. The Kier molecular flexibility index (Phi) is 15.9. The minimum Gasteiger partial charge on any atom is -0.460 e. The third-order valence-electron chi connectivity index (χ3n) is 6.42.